The third kappa shape index (κ3) is 7.71. The number of nitrogens with one attached hydrogen (secondary N) is 2. The summed E-state index contributed by atoms with van der Waals surface area (Å²) in [5, 5.41) is 7.08. The Morgan fingerprint density at radius 1 is 0.882 bits per heavy atom. The number of rotatable bonds is 0. The van der Waals surface area contributed by atoms with E-state index in [1.54, 1.807) is 0 Å². The Balaban J connectivity index is 2.28. The molecule has 102 valence electrons. The zero-order valence-electron chi connectivity index (χ0n) is 11.8. The molecule has 4 heteroatoms. The van der Waals surface area contributed by atoms with Gasteiger partial charge in [0.15, 0.2) is 0 Å². The van der Waals surface area contributed by atoms with Crippen LogP contribution in [0.15, 0.2) is 0 Å². The van der Waals surface area contributed by atoms with Crippen LogP contribution in [0.1, 0.15) is 13.3 Å². The molecular weight excluding hydrogens is 212 g/mol. The van der Waals surface area contributed by atoms with Gasteiger partial charge >= 0.3 is 0 Å². The van der Waals surface area contributed by atoms with Gasteiger partial charge in [-0.2, -0.15) is 0 Å². The van der Waals surface area contributed by atoms with E-state index in [2.05, 4.69) is 41.5 Å². The molecule has 0 radical (unpaired) electrons. The lowest BCUT2D eigenvalue weighted by atomic mass is 10.1. The first kappa shape index (κ1) is 14.9. The maximum Gasteiger partial charge on any atom is 0.0104 e. The lowest BCUT2D eigenvalue weighted by Crippen LogP contribution is -2.38. The van der Waals surface area contributed by atoms with Gasteiger partial charge in [-0.15, -0.1) is 0 Å². The van der Waals surface area contributed by atoms with E-state index < -0.39 is 0 Å². The Bertz CT molecular complexity index is 186. The second kappa shape index (κ2) is 8.86. The molecule has 17 heavy (non-hydrogen) atoms. The van der Waals surface area contributed by atoms with Crippen LogP contribution in [0.3, 0.4) is 0 Å². The lowest BCUT2D eigenvalue weighted by molar-refractivity contribution is 0.267. The van der Waals surface area contributed by atoms with Gasteiger partial charge in [-0.3, -0.25) is 0 Å². The first-order valence-electron chi connectivity index (χ1n) is 6.97. The summed E-state index contributed by atoms with van der Waals surface area (Å²) in [6, 6.07) is 0. The SMILES string of the molecule is CC1CNCCN(C)CCCNCCN(C)C1. The van der Waals surface area contributed by atoms with Crippen LogP contribution in [0.2, 0.25) is 0 Å². The van der Waals surface area contributed by atoms with E-state index in [4.69, 9.17) is 0 Å². The molecule has 2 N–H and O–H groups in total. The van der Waals surface area contributed by atoms with Crippen molar-refractivity contribution in [2.24, 2.45) is 5.92 Å². The molecule has 0 spiro atoms. The molecule has 0 saturated carbocycles. The topological polar surface area (TPSA) is 30.5 Å². The molecule has 0 aromatic rings. The van der Waals surface area contributed by atoms with E-state index in [0.717, 1.165) is 45.2 Å². The zero-order chi connectivity index (χ0) is 12.5. The maximum absolute atomic E-state index is 3.56. The summed E-state index contributed by atoms with van der Waals surface area (Å²) in [6.07, 6.45) is 1.25. The third-order valence-electron chi connectivity index (χ3n) is 3.35. The minimum absolute atomic E-state index is 0.730. The van der Waals surface area contributed by atoms with Gasteiger partial charge < -0.3 is 20.4 Å². The van der Waals surface area contributed by atoms with Crippen molar-refractivity contribution in [3.05, 3.63) is 0 Å². The van der Waals surface area contributed by atoms with Gasteiger partial charge in [-0.25, -0.2) is 0 Å². The van der Waals surface area contributed by atoms with Crippen molar-refractivity contribution in [2.45, 2.75) is 13.3 Å². The Hall–Kier alpha value is -0.160. The van der Waals surface area contributed by atoms with Crippen LogP contribution in [0.5, 0.6) is 0 Å². The van der Waals surface area contributed by atoms with Crippen molar-refractivity contribution >= 4 is 0 Å². The fraction of sp³-hybridized carbons (Fsp3) is 1.00. The molecule has 1 atom stereocenters. The van der Waals surface area contributed by atoms with E-state index in [1.165, 1.54) is 19.5 Å². The van der Waals surface area contributed by atoms with Crippen molar-refractivity contribution < 1.29 is 0 Å². The monoisotopic (exact) mass is 242 g/mol. The Morgan fingerprint density at radius 3 is 2.41 bits per heavy atom. The predicted molar refractivity (Wildman–Crippen MR) is 74.5 cm³/mol. The zero-order valence-corrected chi connectivity index (χ0v) is 11.8. The van der Waals surface area contributed by atoms with Crippen LogP contribution in [0.4, 0.5) is 0 Å². The van der Waals surface area contributed by atoms with Crippen molar-refractivity contribution in [1.29, 1.82) is 0 Å². The van der Waals surface area contributed by atoms with E-state index in [1.807, 2.05) is 0 Å². The molecule has 0 bridgehead atoms. The van der Waals surface area contributed by atoms with E-state index in [-0.39, 0.29) is 0 Å². The highest BCUT2D eigenvalue weighted by Crippen LogP contribution is 1.96. The Kier molecular flexibility index (Phi) is 7.77. The first-order chi connectivity index (χ1) is 8.18. The summed E-state index contributed by atoms with van der Waals surface area (Å²) in [5.74, 6) is 0.730. The van der Waals surface area contributed by atoms with Gasteiger partial charge in [0.25, 0.3) is 0 Å². The predicted octanol–water partition coefficient (Wildman–Crippen LogP) is 0.0690. The number of likely N-dealkylation sites (N-methyl/N-ethyl adjacent to an activating group) is 2. The third-order valence-corrected chi connectivity index (χ3v) is 3.35. The molecular formula is C13H30N4. The minimum Gasteiger partial charge on any atom is -0.315 e. The average molecular weight is 242 g/mol. The second-order valence-electron chi connectivity index (χ2n) is 5.48. The van der Waals surface area contributed by atoms with Crippen molar-refractivity contribution in [2.75, 3.05) is 66.5 Å². The van der Waals surface area contributed by atoms with Gasteiger partial charge in [-0.1, -0.05) is 6.92 Å². The molecule has 1 rings (SSSR count). The normalized spacial score (nSPS) is 28.8. The Labute approximate surface area is 107 Å². The van der Waals surface area contributed by atoms with E-state index >= 15 is 0 Å². The van der Waals surface area contributed by atoms with Gasteiger partial charge in [0.05, 0.1) is 0 Å². The molecule has 1 fully saturated rings. The fourth-order valence-electron chi connectivity index (χ4n) is 2.29. The van der Waals surface area contributed by atoms with Crippen LogP contribution >= 0.6 is 0 Å². The summed E-state index contributed by atoms with van der Waals surface area (Å²) < 4.78 is 0. The Morgan fingerprint density at radius 2 is 1.59 bits per heavy atom. The quantitative estimate of drug-likeness (QED) is 0.629. The number of nitrogens with zero attached hydrogens (tertiary/aromatic N) is 2. The highest BCUT2D eigenvalue weighted by molar-refractivity contribution is 4.65. The molecule has 1 aliphatic rings. The fourth-order valence-corrected chi connectivity index (χ4v) is 2.29. The summed E-state index contributed by atoms with van der Waals surface area (Å²) >= 11 is 0. The van der Waals surface area contributed by atoms with Gasteiger partial charge in [0, 0.05) is 32.7 Å². The summed E-state index contributed by atoms with van der Waals surface area (Å²) in [7, 11) is 4.43. The molecule has 1 heterocycles. The molecule has 0 aromatic carbocycles. The van der Waals surface area contributed by atoms with E-state index in [9.17, 15) is 0 Å². The molecule has 1 unspecified atom stereocenters. The van der Waals surface area contributed by atoms with Crippen LogP contribution in [0.25, 0.3) is 0 Å². The summed E-state index contributed by atoms with van der Waals surface area (Å²) in [6.45, 7) is 11.5. The van der Waals surface area contributed by atoms with Crippen LogP contribution < -0.4 is 10.6 Å². The lowest BCUT2D eigenvalue weighted by Gasteiger charge is -2.23. The van der Waals surface area contributed by atoms with Crippen molar-refractivity contribution in [3.8, 4) is 0 Å². The first-order valence-corrected chi connectivity index (χ1v) is 6.97. The highest BCUT2D eigenvalue weighted by atomic mass is 15.1. The van der Waals surface area contributed by atoms with Crippen LogP contribution in [0, 0.1) is 5.92 Å². The second-order valence-corrected chi connectivity index (χ2v) is 5.48. The number of hydrogen-bond acceptors (Lipinski definition) is 4. The van der Waals surface area contributed by atoms with Crippen molar-refractivity contribution in [1.82, 2.24) is 20.4 Å². The van der Waals surface area contributed by atoms with Gasteiger partial charge in [0.1, 0.15) is 0 Å². The molecule has 4 nitrogen and oxygen atoms in total. The van der Waals surface area contributed by atoms with Gasteiger partial charge in [0.2, 0.25) is 0 Å². The molecule has 1 saturated heterocycles. The largest absolute Gasteiger partial charge is 0.315 e. The minimum atomic E-state index is 0.730. The summed E-state index contributed by atoms with van der Waals surface area (Å²) in [5.41, 5.74) is 0. The number of hydrogen-bond donors (Lipinski definition) is 2. The highest BCUT2D eigenvalue weighted by Gasteiger charge is 2.07. The van der Waals surface area contributed by atoms with Crippen LogP contribution in [-0.2, 0) is 0 Å². The molecule has 0 aliphatic carbocycles. The van der Waals surface area contributed by atoms with Crippen molar-refractivity contribution in [3.63, 3.8) is 0 Å². The molecule has 1 aliphatic heterocycles. The van der Waals surface area contributed by atoms with Gasteiger partial charge in [-0.05, 0) is 46.1 Å². The smallest absolute Gasteiger partial charge is 0.0104 e. The standard InChI is InChI=1S/C13H30N4/c1-13-11-15-7-9-16(2)8-4-5-14-6-10-17(3)12-13/h13-15H,4-12H2,1-3H3. The van der Waals surface area contributed by atoms with Crippen LogP contribution in [-0.4, -0.2) is 76.3 Å². The van der Waals surface area contributed by atoms with E-state index in [0.29, 0.717) is 0 Å². The molecule has 0 amide bonds. The summed E-state index contributed by atoms with van der Waals surface area (Å²) in [4.78, 5) is 4.84. The maximum atomic E-state index is 3.56. The molecule has 0 aromatic heterocycles. The average Bonchev–Trinajstić information content (AvgIpc) is 2.28.